The number of hydrogen-bond donors (Lipinski definition) is 1. The molecule has 1 aromatic rings. The van der Waals surface area contributed by atoms with Crippen molar-refractivity contribution in [1.29, 1.82) is 0 Å². The summed E-state index contributed by atoms with van der Waals surface area (Å²) >= 11 is 5.81. The first kappa shape index (κ1) is 21.8. The summed E-state index contributed by atoms with van der Waals surface area (Å²) in [5.41, 5.74) is -0.199. The van der Waals surface area contributed by atoms with Gasteiger partial charge in [-0.05, 0) is 30.0 Å². The van der Waals surface area contributed by atoms with Crippen molar-refractivity contribution < 1.29 is 13.2 Å². The molecule has 0 unspecified atom stereocenters. The third-order valence-corrected chi connectivity index (χ3v) is 4.76. The standard InChI is InChI=1S/C16H20ClF3N2.2ClH/c17-12-3-4-13(14(10-12)16(18,19)20)15(9-11-1-2-11)22-7-5-21-6-8-22;;/h3-4,10-11,15,21H,1-2,5-9H2;2*1H/t15-;;/m0../s1. The molecule has 24 heavy (non-hydrogen) atoms. The van der Waals surface area contributed by atoms with Gasteiger partial charge >= 0.3 is 6.18 Å². The maximum Gasteiger partial charge on any atom is 0.416 e. The molecule has 8 heteroatoms. The zero-order valence-electron chi connectivity index (χ0n) is 13.1. The fraction of sp³-hybridized carbons (Fsp3) is 0.625. The molecule has 0 radical (unpaired) electrons. The van der Waals surface area contributed by atoms with Crippen molar-refractivity contribution in [3.8, 4) is 0 Å². The molecule has 1 heterocycles. The Morgan fingerprint density at radius 2 is 1.79 bits per heavy atom. The van der Waals surface area contributed by atoms with Crippen molar-refractivity contribution in [3.05, 3.63) is 34.3 Å². The van der Waals surface area contributed by atoms with Crippen molar-refractivity contribution in [2.45, 2.75) is 31.5 Å². The number of alkyl halides is 3. The Kier molecular flexibility index (Phi) is 8.14. The Balaban J connectivity index is 0.00000144. The summed E-state index contributed by atoms with van der Waals surface area (Å²) < 4.78 is 40.3. The molecule has 1 aliphatic heterocycles. The average molecular weight is 406 g/mol. The molecule has 138 valence electrons. The van der Waals surface area contributed by atoms with Crippen LogP contribution in [0.4, 0.5) is 13.2 Å². The Labute approximate surface area is 157 Å². The minimum absolute atomic E-state index is 0. The minimum atomic E-state index is -4.37. The molecule has 0 aromatic heterocycles. The highest BCUT2D eigenvalue weighted by atomic mass is 35.5. The van der Waals surface area contributed by atoms with E-state index in [1.54, 1.807) is 12.1 Å². The summed E-state index contributed by atoms with van der Waals surface area (Å²) in [5.74, 6) is 0.566. The van der Waals surface area contributed by atoms with Crippen molar-refractivity contribution in [2.24, 2.45) is 5.92 Å². The molecular weight excluding hydrogens is 384 g/mol. The predicted octanol–water partition coefficient (Wildman–Crippen LogP) is 4.95. The van der Waals surface area contributed by atoms with Crippen LogP contribution in [0.3, 0.4) is 0 Å². The van der Waals surface area contributed by atoms with Gasteiger partial charge in [0.25, 0.3) is 0 Å². The van der Waals surface area contributed by atoms with E-state index in [1.165, 1.54) is 0 Å². The summed E-state index contributed by atoms with van der Waals surface area (Å²) in [5, 5.41) is 3.40. The molecule has 1 aliphatic carbocycles. The van der Waals surface area contributed by atoms with Gasteiger partial charge in [0.15, 0.2) is 0 Å². The lowest BCUT2D eigenvalue weighted by atomic mass is 9.94. The SMILES string of the molecule is Cl.Cl.FC(F)(F)c1cc(Cl)ccc1[C@H](CC1CC1)N1CCNCC1. The van der Waals surface area contributed by atoms with Gasteiger partial charge in [0.05, 0.1) is 5.56 Å². The van der Waals surface area contributed by atoms with Crippen molar-refractivity contribution in [1.82, 2.24) is 10.2 Å². The van der Waals surface area contributed by atoms with Crippen LogP contribution in [0, 0.1) is 5.92 Å². The largest absolute Gasteiger partial charge is 0.416 e. The second-order valence-electron chi connectivity index (χ2n) is 6.21. The van der Waals surface area contributed by atoms with E-state index in [0.29, 0.717) is 11.5 Å². The highest BCUT2D eigenvalue weighted by molar-refractivity contribution is 6.30. The Hall–Kier alpha value is -0.200. The first-order valence-corrected chi connectivity index (χ1v) is 8.14. The van der Waals surface area contributed by atoms with E-state index in [9.17, 15) is 13.2 Å². The normalized spacial score (nSPS) is 20.0. The minimum Gasteiger partial charge on any atom is -0.314 e. The lowest BCUT2D eigenvalue weighted by Gasteiger charge is -2.36. The second-order valence-corrected chi connectivity index (χ2v) is 6.65. The molecule has 1 N–H and O–H groups in total. The van der Waals surface area contributed by atoms with Crippen LogP contribution in [0.5, 0.6) is 0 Å². The first-order valence-electron chi connectivity index (χ1n) is 7.76. The van der Waals surface area contributed by atoms with Crippen molar-refractivity contribution in [2.75, 3.05) is 26.2 Å². The maximum absolute atomic E-state index is 13.4. The van der Waals surface area contributed by atoms with Crippen LogP contribution in [0.2, 0.25) is 5.02 Å². The van der Waals surface area contributed by atoms with Gasteiger partial charge in [0, 0.05) is 37.2 Å². The molecular formula is C16H22Cl3F3N2. The predicted molar refractivity (Wildman–Crippen MR) is 95.5 cm³/mol. The number of benzene rings is 1. The van der Waals surface area contributed by atoms with Crippen LogP contribution in [0.25, 0.3) is 0 Å². The lowest BCUT2D eigenvalue weighted by Crippen LogP contribution is -2.45. The average Bonchev–Trinajstić information content (AvgIpc) is 3.29. The highest BCUT2D eigenvalue weighted by Crippen LogP contribution is 2.44. The van der Waals surface area contributed by atoms with Crippen LogP contribution in [-0.4, -0.2) is 31.1 Å². The van der Waals surface area contributed by atoms with Gasteiger partial charge in [-0.25, -0.2) is 0 Å². The lowest BCUT2D eigenvalue weighted by molar-refractivity contribution is -0.138. The van der Waals surface area contributed by atoms with Gasteiger partial charge in [0.1, 0.15) is 0 Å². The fourth-order valence-electron chi connectivity index (χ4n) is 3.20. The molecule has 1 saturated heterocycles. The molecule has 1 aromatic carbocycles. The van der Waals surface area contributed by atoms with Gasteiger partial charge in [-0.15, -0.1) is 24.8 Å². The van der Waals surface area contributed by atoms with Gasteiger partial charge in [-0.3, -0.25) is 4.90 Å². The number of piperazine rings is 1. The summed E-state index contributed by atoms with van der Waals surface area (Å²) in [6, 6.07) is 4.05. The topological polar surface area (TPSA) is 15.3 Å². The number of nitrogens with one attached hydrogen (secondary N) is 1. The molecule has 1 saturated carbocycles. The highest BCUT2D eigenvalue weighted by Gasteiger charge is 2.38. The second kappa shape index (κ2) is 8.95. The van der Waals surface area contributed by atoms with E-state index < -0.39 is 11.7 Å². The summed E-state index contributed by atoms with van der Waals surface area (Å²) in [6.45, 7) is 3.24. The molecule has 2 fully saturated rings. The van der Waals surface area contributed by atoms with E-state index >= 15 is 0 Å². The zero-order valence-corrected chi connectivity index (χ0v) is 15.5. The van der Waals surface area contributed by atoms with Crippen LogP contribution < -0.4 is 5.32 Å². The summed E-state index contributed by atoms with van der Waals surface area (Å²) in [7, 11) is 0. The van der Waals surface area contributed by atoms with Gasteiger partial charge in [0.2, 0.25) is 0 Å². The Bertz CT molecular complexity index is 530. The van der Waals surface area contributed by atoms with E-state index in [1.807, 2.05) is 0 Å². The molecule has 2 aliphatic rings. The van der Waals surface area contributed by atoms with E-state index in [-0.39, 0.29) is 35.9 Å². The zero-order chi connectivity index (χ0) is 15.7. The Morgan fingerprint density at radius 3 is 2.33 bits per heavy atom. The van der Waals surface area contributed by atoms with Gasteiger partial charge in [-0.2, -0.15) is 13.2 Å². The van der Waals surface area contributed by atoms with Crippen LogP contribution in [-0.2, 0) is 6.18 Å². The van der Waals surface area contributed by atoms with Crippen molar-refractivity contribution >= 4 is 36.4 Å². The quantitative estimate of drug-likeness (QED) is 0.762. The summed E-state index contributed by atoms with van der Waals surface area (Å²) in [4.78, 5) is 2.19. The Morgan fingerprint density at radius 1 is 1.17 bits per heavy atom. The number of hydrogen-bond acceptors (Lipinski definition) is 2. The van der Waals surface area contributed by atoms with E-state index in [2.05, 4.69) is 10.2 Å². The molecule has 3 rings (SSSR count). The number of nitrogens with zero attached hydrogens (tertiary/aromatic N) is 1. The summed E-state index contributed by atoms with van der Waals surface area (Å²) in [6.07, 6.45) is -1.28. The van der Waals surface area contributed by atoms with Crippen LogP contribution >= 0.6 is 36.4 Å². The smallest absolute Gasteiger partial charge is 0.314 e. The van der Waals surface area contributed by atoms with E-state index in [0.717, 1.165) is 51.5 Å². The van der Waals surface area contributed by atoms with Crippen LogP contribution in [0.1, 0.15) is 36.4 Å². The molecule has 2 nitrogen and oxygen atoms in total. The molecule has 0 amide bonds. The number of halogens is 6. The van der Waals surface area contributed by atoms with Crippen LogP contribution in [0.15, 0.2) is 18.2 Å². The molecule has 0 spiro atoms. The molecule has 1 atom stereocenters. The number of rotatable bonds is 4. The van der Waals surface area contributed by atoms with E-state index in [4.69, 9.17) is 11.6 Å². The third-order valence-electron chi connectivity index (χ3n) is 4.53. The monoisotopic (exact) mass is 404 g/mol. The van der Waals surface area contributed by atoms with Gasteiger partial charge < -0.3 is 5.32 Å². The third kappa shape index (κ3) is 5.40. The van der Waals surface area contributed by atoms with Gasteiger partial charge in [-0.1, -0.05) is 30.5 Å². The first-order chi connectivity index (χ1) is 10.4. The molecule has 0 bridgehead atoms. The van der Waals surface area contributed by atoms with Crippen molar-refractivity contribution in [3.63, 3.8) is 0 Å². The maximum atomic E-state index is 13.4. The fourth-order valence-corrected chi connectivity index (χ4v) is 3.37.